The highest BCUT2D eigenvalue weighted by atomic mass is 33.1. The van der Waals surface area contributed by atoms with Crippen molar-refractivity contribution < 1.29 is 52.4 Å². The largest absolute Gasteiger partial charge is 0.480 e. The van der Waals surface area contributed by atoms with Gasteiger partial charge in [-0.1, -0.05) is 0 Å². The maximum absolute atomic E-state index is 13.0. The quantitative estimate of drug-likeness (QED) is 0.0568. The number of aromatic nitrogens is 1. The number of aromatic amines is 1. The number of rotatable bonds is 20. The Morgan fingerprint density at radius 3 is 2.00 bits per heavy atom. The number of amides is 2. The number of hydrogen-bond donors (Lipinski definition) is 7. The fourth-order valence-corrected chi connectivity index (χ4v) is 6.81. The number of fused-ring (bicyclic) bond motifs is 1. The van der Waals surface area contributed by atoms with Crippen molar-refractivity contribution in [2.24, 2.45) is 0 Å². The number of nitrogens with one attached hydrogen (secondary N) is 3. The molecule has 3 rings (SSSR count). The number of carbonyl (C=O) groups is 5. The van der Waals surface area contributed by atoms with Gasteiger partial charge in [0.05, 0.1) is 44.9 Å². The zero-order valence-corrected chi connectivity index (χ0v) is 30.4. The fourth-order valence-electron chi connectivity index (χ4n) is 5.50. The van der Waals surface area contributed by atoms with Gasteiger partial charge in [-0.2, -0.15) is 0 Å². The molecule has 288 valence electrons. The normalized spacial score (nSPS) is 15.2. The number of carboxylic acid groups (broad SMARTS) is 3. The standard InChI is InChI=1S/C31H45N7O12S2/c1-21-14-22(15-24-23(21)2-3-26(39)33-24)32-27(40)16-37(18-29(42)43)8-6-35-4-5-36(11-13-50-12-10-35)7-9-38(19-30(44)45)17-28(41)34-25(31(46)47)20-51-52(48)49/h2-3,14-15,25,52H,4-13,16-20H2,1H3,(H,32,40)(H,33,39)(H,34,41)(H,42,43)(H,44,45)(H,46,47). The maximum atomic E-state index is 13.0. The van der Waals surface area contributed by atoms with Gasteiger partial charge in [-0.05, 0) is 41.5 Å². The summed E-state index contributed by atoms with van der Waals surface area (Å²) in [5.41, 5.74) is 1.59. The number of nitrogens with zero attached hydrogens (tertiary/aromatic N) is 4. The number of benzene rings is 1. The summed E-state index contributed by atoms with van der Waals surface area (Å²) in [6, 6.07) is 5.06. The molecule has 1 atom stereocenters. The third kappa shape index (κ3) is 15.6. The van der Waals surface area contributed by atoms with Crippen LogP contribution in [0.5, 0.6) is 0 Å². The van der Waals surface area contributed by atoms with E-state index in [0.29, 0.717) is 74.5 Å². The number of anilines is 1. The lowest BCUT2D eigenvalue weighted by atomic mass is 10.1. The van der Waals surface area contributed by atoms with Crippen molar-refractivity contribution in [3.8, 4) is 0 Å². The molecule has 19 nitrogen and oxygen atoms in total. The SMILES string of the molecule is Cc1cc(NC(=O)CN(CCN2CCOCCN(CCN(CC(=O)O)CC(=O)NC(CS[SH](=O)=O)C(=O)O)CC2)CC(=O)O)cc2[nH]c(=O)ccc12. The average Bonchev–Trinajstić information content (AvgIpc) is 3.15. The van der Waals surface area contributed by atoms with Crippen LogP contribution in [0.4, 0.5) is 5.69 Å². The number of carbonyl (C=O) groups excluding carboxylic acids is 2. The molecule has 1 aromatic carbocycles. The lowest BCUT2D eigenvalue weighted by molar-refractivity contribution is -0.142. The molecule has 2 heterocycles. The Morgan fingerprint density at radius 2 is 1.46 bits per heavy atom. The van der Waals surface area contributed by atoms with Crippen LogP contribution in [0, 0.1) is 6.92 Å². The van der Waals surface area contributed by atoms with Crippen molar-refractivity contribution in [1.29, 1.82) is 0 Å². The van der Waals surface area contributed by atoms with Gasteiger partial charge < -0.3 is 35.7 Å². The van der Waals surface area contributed by atoms with Crippen LogP contribution in [0.3, 0.4) is 0 Å². The van der Waals surface area contributed by atoms with Gasteiger partial charge in [0.2, 0.25) is 17.4 Å². The van der Waals surface area contributed by atoms with E-state index in [-0.39, 0.29) is 31.7 Å². The number of H-pyrrole nitrogens is 1. The van der Waals surface area contributed by atoms with Gasteiger partial charge in [-0.15, -0.1) is 0 Å². The van der Waals surface area contributed by atoms with E-state index in [0.717, 1.165) is 10.9 Å². The average molecular weight is 772 g/mol. The van der Waals surface area contributed by atoms with Crippen molar-refractivity contribution in [3.05, 3.63) is 40.2 Å². The summed E-state index contributed by atoms with van der Waals surface area (Å²) in [7, 11) is -2.56. The molecule has 6 N–H and O–H groups in total. The van der Waals surface area contributed by atoms with Crippen LogP contribution in [0.2, 0.25) is 0 Å². The Kier molecular flexibility index (Phi) is 17.4. The zero-order chi connectivity index (χ0) is 38.2. The smallest absolute Gasteiger partial charge is 0.327 e. The van der Waals surface area contributed by atoms with E-state index in [2.05, 4.69) is 20.5 Å². The molecule has 1 unspecified atom stereocenters. The van der Waals surface area contributed by atoms with Crippen molar-refractivity contribution in [3.63, 3.8) is 0 Å². The summed E-state index contributed by atoms with van der Waals surface area (Å²) in [4.78, 5) is 81.6. The lowest BCUT2D eigenvalue weighted by Gasteiger charge is -2.29. The van der Waals surface area contributed by atoms with Gasteiger partial charge in [0.1, 0.15) is 6.04 Å². The molecule has 1 fully saturated rings. The lowest BCUT2D eigenvalue weighted by Crippen LogP contribution is -2.49. The molecule has 0 spiro atoms. The van der Waals surface area contributed by atoms with Crippen LogP contribution in [0.1, 0.15) is 5.56 Å². The van der Waals surface area contributed by atoms with E-state index in [4.69, 9.17) is 4.74 Å². The molecule has 0 radical (unpaired) electrons. The van der Waals surface area contributed by atoms with Crippen molar-refractivity contribution in [2.45, 2.75) is 13.0 Å². The molecule has 2 amide bonds. The molecule has 21 heteroatoms. The number of aliphatic carboxylic acids is 3. The fraction of sp³-hybridized carbons (Fsp3) is 0.548. The van der Waals surface area contributed by atoms with Crippen LogP contribution < -0.4 is 16.2 Å². The van der Waals surface area contributed by atoms with E-state index in [1.165, 1.54) is 15.9 Å². The summed E-state index contributed by atoms with van der Waals surface area (Å²) in [6.45, 7) is 4.48. The molecule has 1 aliphatic rings. The number of carboxylic acids is 3. The van der Waals surface area contributed by atoms with Crippen LogP contribution in [-0.2, 0) is 38.4 Å². The molecular formula is C31H45N7O12S2. The summed E-state index contributed by atoms with van der Waals surface area (Å²) < 4.78 is 27.4. The highest BCUT2D eigenvalue weighted by Crippen LogP contribution is 2.21. The van der Waals surface area contributed by atoms with Crippen LogP contribution in [0.15, 0.2) is 29.1 Å². The molecule has 2 aromatic rings. The predicted molar refractivity (Wildman–Crippen MR) is 192 cm³/mol. The third-order valence-corrected chi connectivity index (χ3v) is 9.84. The van der Waals surface area contributed by atoms with Crippen molar-refractivity contribution in [1.82, 2.24) is 29.9 Å². The monoisotopic (exact) mass is 771 g/mol. The number of aryl methyl sites for hydroxylation is 1. The summed E-state index contributed by atoms with van der Waals surface area (Å²) in [5.74, 6) is -5.30. The summed E-state index contributed by atoms with van der Waals surface area (Å²) in [5, 5.41) is 34.1. The van der Waals surface area contributed by atoms with Gasteiger partial charge in [0.15, 0.2) is 9.74 Å². The molecule has 0 bridgehead atoms. The second-order valence-electron chi connectivity index (χ2n) is 12.1. The maximum Gasteiger partial charge on any atom is 0.327 e. The highest BCUT2D eigenvalue weighted by molar-refractivity contribution is 8.64. The molecule has 1 aromatic heterocycles. The molecule has 0 saturated carbocycles. The third-order valence-electron chi connectivity index (χ3n) is 8.06. The van der Waals surface area contributed by atoms with E-state index in [1.807, 2.05) is 11.8 Å². The Hall–Kier alpha value is -4.12. The predicted octanol–water partition coefficient (Wildman–Crippen LogP) is -1.99. The Bertz CT molecular complexity index is 1700. The first kappa shape index (κ1) is 42.3. The van der Waals surface area contributed by atoms with Crippen molar-refractivity contribution >= 4 is 66.8 Å². The molecule has 1 aliphatic heterocycles. The second kappa shape index (κ2) is 21.4. The summed E-state index contributed by atoms with van der Waals surface area (Å²) >= 11 is 0. The number of pyridine rings is 1. The minimum atomic E-state index is -2.92. The first-order valence-electron chi connectivity index (χ1n) is 16.3. The number of thiol groups is 1. The van der Waals surface area contributed by atoms with Crippen molar-refractivity contribution in [2.75, 3.05) is 103 Å². The van der Waals surface area contributed by atoms with Gasteiger partial charge >= 0.3 is 17.9 Å². The molecule has 0 aliphatic carbocycles. The van der Waals surface area contributed by atoms with Gasteiger partial charge in [0, 0.05) is 75.3 Å². The first-order valence-corrected chi connectivity index (χ1v) is 19.1. The molecule has 1 saturated heterocycles. The van der Waals surface area contributed by atoms with E-state index >= 15 is 0 Å². The topological polar surface area (TPSA) is 259 Å². The molecular weight excluding hydrogens is 727 g/mol. The second-order valence-corrected chi connectivity index (χ2v) is 14.8. The minimum Gasteiger partial charge on any atom is -0.480 e. The summed E-state index contributed by atoms with van der Waals surface area (Å²) in [6.07, 6.45) is 0. The molecule has 52 heavy (non-hydrogen) atoms. The Balaban J connectivity index is 1.55. The van der Waals surface area contributed by atoms with Gasteiger partial charge in [0.25, 0.3) is 0 Å². The van der Waals surface area contributed by atoms with Crippen LogP contribution in [0.25, 0.3) is 10.9 Å². The number of ether oxygens (including phenoxy) is 1. The van der Waals surface area contributed by atoms with Gasteiger partial charge in [-0.3, -0.25) is 43.6 Å². The number of hydrogen-bond acceptors (Lipinski definition) is 14. The van der Waals surface area contributed by atoms with E-state index in [1.54, 1.807) is 18.2 Å². The van der Waals surface area contributed by atoms with E-state index in [9.17, 15) is 52.5 Å². The Morgan fingerprint density at radius 1 is 0.885 bits per heavy atom. The zero-order valence-electron chi connectivity index (χ0n) is 28.7. The van der Waals surface area contributed by atoms with Crippen LogP contribution in [-0.4, -0.2) is 182 Å². The van der Waals surface area contributed by atoms with E-state index < -0.39 is 64.3 Å². The first-order chi connectivity index (χ1) is 24.7. The van der Waals surface area contributed by atoms with Crippen LogP contribution >= 0.6 is 10.8 Å². The minimum absolute atomic E-state index is 0.146. The highest BCUT2D eigenvalue weighted by Gasteiger charge is 2.24. The Labute approximate surface area is 304 Å². The van der Waals surface area contributed by atoms with Gasteiger partial charge in [-0.25, -0.2) is 13.2 Å².